The van der Waals surface area contributed by atoms with Crippen LogP contribution >= 0.6 is 27.3 Å². The van der Waals surface area contributed by atoms with E-state index in [0.717, 1.165) is 15.0 Å². The highest BCUT2D eigenvalue weighted by Gasteiger charge is 2.19. The Kier molecular flexibility index (Phi) is 3.75. The Labute approximate surface area is 111 Å². The van der Waals surface area contributed by atoms with E-state index in [-0.39, 0.29) is 0 Å². The van der Waals surface area contributed by atoms with E-state index >= 15 is 0 Å². The number of rotatable bonds is 4. The first-order valence-electron chi connectivity index (χ1n) is 4.86. The maximum absolute atomic E-state index is 11.4. The van der Waals surface area contributed by atoms with Crippen molar-refractivity contribution in [2.45, 2.75) is 6.04 Å². The number of anilines is 1. The van der Waals surface area contributed by atoms with E-state index in [0.29, 0.717) is 0 Å². The van der Waals surface area contributed by atoms with Crippen molar-refractivity contribution in [1.82, 2.24) is 4.98 Å². The topological polar surface area (TPSA) is 68.0 Å². The normalized spacial score (nSPS) is 12.1. The fraction of sp³-hybridized carbons (Fsp3) is 0.0909. The summed E-state index contributed by atoms with van der Waals surface area (Å²) in [7, 11) is 0. The van der Waals surface area contributed by atoms with Crippen molar-refractivity contribution in [1.29, 1.82) is 0 Å². The number of carbonyl (C=O) groups is 1. The van der Waals surface area contributed by atoms with Crippen LogP contribution in [0.25, 0.3) is 0 Å². The van der Waals surface area contributed by atoms with Crippen molar-refractivity contribution in [2.75, 3.05) is 5.32 Å². The molecule has 0 fully saturated rings. The maximum Gasteiger partial charge on any atom is 0.245 e. The van der Waals surface area contributed by atoms with Crippen molar-refractivity contribution >= 4 is 38.9 Å². The van der Waals surface area contributed by atoms with Crippen LogP contribution in [-0.2, 0) is 4.79 Å². The molecule has 1 atom stereocenters. The van der Waals surface area contributed by atoms with Gasteiger partial charge in [0.05, 0.1) is 10.4 Å². The lowest BCUT2D eigenvalue weighted by Gasteiger charge is -2.14. The Morgan fingerprint density at radius 2 is 2.35 bits per heavy atom. The van der Waals surface area contributed by atoms with Gasteiger partial charge < -0.3 is 11.1 Å². The van der Waals surface area contributed by atoms with Crippen LogP contribution in [0.15, 0.2) is 40.4 Å². The smallest absolute Gasteiger partial charge is 0.245 e. The van der Waals surface area contributed by atoms with Crippen molar-refractivity contribution in [2.24, 2.45) is 5.73 Å². The average molecular weight is 312 g/mol. The highest BCUT2D eigenvalue weighted by atomic mass is 79.9. The van der Waals surface area contributed by atoms with Gasteiger partial charge in [-0.3, -0.25) is 9.78 Å². The Morgan fingerprint density at radius 3 is 2.94 bits per heavy atom. The number of benzene rings is 1. The number of nitrogens with two attached hydrogens (primary N) is 1. The number of hydrogen-bond acceptors (Lipinski definition) is 4. The second-order valence-corrected chi connectivity index (χ2v) is 5.23. The van der Waals surface area contributed by atoms with Crippen molar-refractivity contribution in [3.63, 3.8) is 0 Å². The molecule has 6 heteroatoms. The summed E-state index contributed by atoms with van der Waals surface area (Å²) in [4.78, 5) is 16.2. The molecular formula is C11H10BrN3OS. The lowest BCUT2D eigenvalue weighted by atomic mass is 10.2. The molecule has 1 unspecified atom stereocenters. The zero-order chi connectivity index (χ0) is 12.3. The number of nitrogens with one attached hydrogen (secondary N) is 1. The van der Waals surface area contributed by atoms with Gasteiger partial charge in [0.15, 0.2) is 0 Å². The van der Waals surface area contributed by atoms with Gasteiger partial charge in [0.2, 0.25) is 5.91 Å². The predicted molar refractivity (Wildman–Crippen MR) is 71.8 cm³/mol. The first-order valence-corrected chi connectivity index (χ1v) is 6.54. The quantitative estimate of drug-likeness (QED) is 0.911. The second-order valence-electron chi connectivity index (χ2n) is 3.39. The molecule has 1 aromatic carbocycles. The monoisotopic (exact) mass is 311 g/mol. The average Bonchev–Trinajstić information content (AvgIpc) is 2.78. The van der Waals surface area contributed by atoms with Crippen LogP contribution < -0.4 is 11.1 Å². The van der Waals surface area contributed by atoms with Crippen LogP contribution in [0, 0.1) is 0 Å². The molecule has 0 saturated carbocycles. The van der Waals surface area contributed by atoms with E-state index in [9.17, 15) is 4.79 Å². The summed E-state index contributed by atoms with van der Waals surface area (Å²) in [6.45, 7) is 0. The van der Waals surface area contributed by atoms with Crippen molar-refractivity contribution in [3.8, 4) is 0 Å². The maximum atomic E-state index is 11.4. The molecule has 0 saturated heterocycles. The number of nitrogens with zero attached hydrogens (tertiary/aromatic N) is 1. The highest BCUT2D eigenvalue weighted by molar-refractivity contribution is 9.10. The lowest BCUT2D eigenvalue weighted by molar-refractivity contribution is -0.118. The van der Waals surface area contributed by atoms with Crippen molar-refractivity contribution < 1.29 is 4.79 Å². The van der Waals surface area contributed by atoms with E-state index < -0.39 is 11.9 Å². The lowest BCUT2D eigenvalue weighted by Crippen LogP contribution is -2.27. The van der Waals surface area contributed by atoms with Gasteiger partial charge in [0, 0.05) is 16.4 Å². The molecule has 0 aliphatic carbocycles. The van der Waals surface area contributed by atoms with Gasteiger partial charge in [-0.05, 0) is 18.2 Å². The minimum atomic E-state index is -0.545. The van der Waals surface area contributed by atoms with Crippen LogP contribution in [0.1, 0.15) is 10.9 Å². The largest absolute Gasteiger partial charge is 0.369 e. The molecule has 0 spiro atoms. The van der Waals surface area contributed by atoms with E-state index in [1.54, 1.807) is 11.7 Å². The highest BCUT2D eigenvalue weighted by Crippen LogP contribution is 2.24. The summed E-state index contributed by atoms with van der Waals surface area (Å²) < 4.78 is 0.940. The minimum Gasteiger partial charge on any atom is -0.369 e. The third-order valence-corrected chi connectivity index (χ3v) is 3.49. The number of carbonyl (C=O) groups excluding carboxylic acids is 1. The number of primary amides is 1. The molecule has 2 aromatic rings. The van der Waals surface area contributed by atoms with E-state index in [1.807, 2.05) is 24.3 Å². The van der Waals surface area contributed by atoms with Gasteiger partial charge in [-0.1, -0.05) is 22.0 Å². The Hall–Kier alpha value is -1.40. The molecule has 88 valence electrons. The van der Waals surface area contributed by atoms with Gasteiger partial charge in [0.25, 0.3) is 0 Å². The van der Waals surface area contributed by atoms with Gasteiger partial charge in [-0.15, -0.1) is 11.3 Å². The zero-order valence-corrected chi connectivity index (χ0v) is 11.2. The molecule has 0 aliphatic heterocycles. The second kappa shape index (κ2) is 5.29. The first kappa shape index (κ1) is 12.1. The van der Waals surface area contributed by atoms with Gasteiger partial charge in [-0.25, -0.2) is 0 Å². The SMILES string of the molecule is NC(=O)C(Nc1cccc(Br)c1)c1cncs1. The van der Waals surface area contributed by atoms with Crippen molar-refractivity contribution in [3.05, 3.63) is 45.3 Å². The van der Waals surface area contributed by atoms with Crippen LogP contribution in [0.5, 0.6) is 0 Å². The molecule has 0 aliphatic rings. The van der Waals surface area contributed by atoms with E-state index in [1.165, 1.54) is 11.3 Å². The summed E-state index contributed by atoms with van der Waals surface area (Å²) in [6.07, 6.45) is 1.64. The zero-order valence-electron chi connectivity index (χ0n) is 8.76. The van der Waals surface area contributed by atoms with Crippen LogP contribution in [0.4, 0.5) is 5.69 Å². The fourth-order valence-electron chi connectivity index (χ4n) is 1.40. The molecule has 0 bridgehead atoms. The van der Waals surface area contributed by atoms with Gasteiger partial charge in [-0.2, -0.15) is 0 Å². The number of thiazole rings is 1. The molecule has 1 amide bonds. The van der Waals surface area contributed by atoms with Crippen LogP contribution in [0.2, 0.25) is 0 Å². The summed E-state index contributed by atoms with van der Waals surface area (Å²) in [6, 6.07) is 7.02. The van der Waals surface area contributed by atoms with Crippen LogP contribution in [-0.4, -0.2) is 10.9 Å². The number of hydrogen-bond donors (Lipinski definition) is 2. The summed E-state index contributed by atoms with van der Waals surface area (Å²) in [5, 5.41) is 3.09. The molecule has 17 heavy (non-hydrogen) atoms. The molecule has 1 heterocycles. The number of halogens is 1. The minimum absolute atomic E-state index is 0.422. The molecular weight excluding hydrogens is 302 g/mol. The summed E-state index contributed by atoms with van der Waals surface area (Å²) in [5.74, 6) is -0.422. The molecule has 2 rings (SSSR count). The molecule has 0 radical (unpaired) electrons. The Balaban J connectivity index is 2.22. The Bertz CT molecular complexity index is 515. The molecule has 1 aromatic heterocycles. The van der Waals surface area contributed by atoms with Crippen LogP contribution in [0.3, 0.4) is 0 Å². The number of aromatic nitrogens is 1. The summed E-state index contributed by atoms with van der Waals surface area (Å²) >= 11 is 4.77. The number of amides is 1. The predicted octanol–water partition coefficient (Wildman–Crippen LogP) is 2.54. The van der Waals surface area contributed by atoms with E-state index in [4.69, 9.17) is 5.73 Å². The van der Waals surface area contributed by atoms with Gasteiger partial charge in [0.1, 0.15) is 6.04 Å². The van der Waals surface area contributed by atoms with E-state index in [2.05, 4.69) is 26.2 Å². The van der Waals surface area contributed by atoms with Gasteiger partial charge >= 0.3 is 0 Å². The summed E-state index contributed by atoms with van der Waals surface area (Å²) in [5.41, 5.74) is 7.88. The fourth-order valence-corrected chi connectivity index (χ4v) is 2.47. The first-order chi connectivity index (χ1) is 8.16. The standard InChI is InChI=1S/C11H10BrN3OS/c12-7-2-1-3-8(4-7)15-10(11(13)16)9-5-14-6-17-9/h1-6,10,15H,(H2,13,16). The Morgan fingerprint density at radius 1 is 1.53 bits per heavy atom. The third kappa shape index (κ3) is 3.04. The molecule has 3 N–H and O–H groups in total. The third-order valence-electron chi connectivity index (χ3n) is 2.16. The molecule has 4 nitrogen and oxygen atoms in total.